The van der Waals surface area contributed by atoms with Crippen molar-refractivity contribution in [1.82, 2.24) is 0 Å². The van der Waals surface area contributed by atoms with Crippen LogP contribution in [0.1, 0.15) is 19.4 Å². The van der Waals surface area contributed by atoms with Crippen LogP contribution < -0.4 is 9.47 Å². The summed E-state index contributed by atoms with van der Waals surface area (Å²) in [5, 5.41) is 0. The third kappa shape index (κ3) is 1.87. The van der Waals surface area contributed by atoms with E-state index in [-0.39, 0.29) is 11.7 Å². The van der Waals surface area contributed by atoms with Crippen molar-refractivity contribution in [2.24, 2.45) is 0 Å². The van der Waals surface area contributed by atoms with Crippen LogP contribution in [0.5, 0.6) is 11.5 Å². The van der Waals surface area contributed by atoms with Crippen LogP contribution in [-0.2, 0) is 11.2 Å². The monoisotopic (exact) mass is 220 g/mol. The maximum Gasteiger partial charge on any atom is 0.165 e. The molecule has 0 aliphatic carbocycles. The lowest BCUT2D eigenvalue weighted by atomic mass is 10.0. The second kappa shape index (κ2) is 3.39. The summed E-state index contributed by atoms with van der Waals surface area (Å²) < 4.78 is 16.8. The summed E-state index contributed by atoms with van der Waals surface area (Å²) in [5.74, 6) is 1.76. The summed E-state index contributed by atoms with van der Waals surface area (Å²) in [6, 6.07) is 6.08. The molecule has 0 aromatic heterocycles. The van der Waals surface area contributed by atoms with E-state index in [1.165, 1.54) is 5.56 Å². The lowest BCUT2D eigenvalue weighted by Crippen LogP contribution is -2.24. The van der Waals surface area contributed by atoms with E-state index in [0.717, 1.165) is 24.5 Å². The second-order valence-electron chi connectivity index (χ2n) is 5.05. The van der Waals surface area contributed by atoms with Crippen LogP contribution >= 0.6 is 0 Å². The molecule has 0 radical (unpaired) electrons. The summed E-state index contributed by atoms with van der Waals surface area (Å²) in [5.41, 5.74) is 1.12. The summed E-state index contributed by atoms with van der Waals surface area (Å²) in [6.45, 7) is 5.64. The zero-order valence-electron chi connectivity index (χ0n) is 9.66. The van der Waals surface area contributed by atoms with Gasteiger partial charge in [-0.1, -0.05) is 12.1 Å². The van der Waals surface area contributed by atoms with Gasteiger partial charge in [0.2, 0.25) is 0 Å². The quantitative estimate of drug-likeness (QED) is 0.731. The molecule has 0 spiro atoms. The molecule has 2 aliphatic rings. The van der Waals surface area contributed by atoms with E-state index in [1.807, 2.05) is 12.1 Å². The van der Waals surface area contributed by atoms with E-state index in [9.17, 15) is 0 Å². The molecular formula is C13H16O3. The fourth-order valence-electron chi connectivity index (χ4n) is 2.05. The molecule has 3 heteroatoms. The van der Waals surface area contributed by atoms with Crippen molar-refractivity contribution in [1.29, 1.82) is 0 Å². The van der Waals surface area contributed by atoms with Crippen molar-refractivity contribution in [2.45, 2.75) is 32.0 Å². The molecule has 0 saturated carbocycles. The van der Waals surface area contributed by atoms with Crippen molar-refractivity contribution in [3.63, 3.8) is 0 Å². The number of benzene rings is 1. The van der Waals surface area contributed by atoms with Crippen LogP contribution in [0.4, 0.5) is 0 Å². The van der Waals surface area contributed by atoms with Gasteiger partial charge in [-0.25, -0.2) is 0 Å². The molecule has 2 aliphatic heterocycles. The number of rotatable bonds is 3. The van der Waals surface area contributed by atoms with Gasteiger partial charge >= 0.3 is 0 Å². The highest BCUT2D eigenvalue weighted by atomic mass is 16.6. The standard InChI is InChI=1S/C13H16O3/c1-13(2)6-9-4-3-5-11(12(9)16-13)15-8-10-7-14-10/h3-5,10H,6-8H2,1-2H3. The number of para-hydroxylation sites is 1. The third-order valence-corrected chi connectivity index (χ3v) is 2.88. The third-order valence-electron chi connectivity index (χ3n) is 2.88. The Morgan fingerprint density at radius 3 is 3.00 bits per heavy atom. The average Bonchev–Trinajstić information content (AvgIpc) is 2.96. The van der Waals surface area contributed by atoms with E-state index in [4.69, 9.17) is 14.2 Å². The van der Waals surface area contributed by atoms with E-state index in [2.05, 4.69) is 19.9 Å². The minimum Gasteiger partial charge on any atom is -0.487 e. The molecule has 3 nitrogen and oxygen atoms in total. The molecule has 16 heavy (non-hydrogen) atoms. The Hall–Kier alpha value is -1.22. The maximum absolute atomic E-state index is 5.91. The van der Waals surface area contributed by atoms with E-state index >= 15 is 0 Å². The zero-order chi connectivity index (χ0) is 11.2. The Bertz CT molecular complexity index is 408. The van der Waals surface area contributed by atoms with E-state index in [0.29, 0.717) is 6.61 Å². The first-order valence-electron chi connectivity index (χ1n) is 5.69. The molecule has 3 rings (SSSR count). The molecule has 1 unspecified atom stereocenters. The van der Waals surface area contributed by atoms with Crippen molar-refractivity contribution >= 4 is 0 Å². The molecule has 0 N–H and O–H groups in total. The number of hydrogen-bond acceptors (Lipinski definition) is 3. The molecule has 1 atom stereocenters. The first-order chi connectivity index (χ1) is 7.64. The van der Waals surface area contributed by atoms with Gasteiger partial charge in [0.05, 0.1) is 6.61 Å². The number of fused-ring (bicyclic) bond motifs is 1. The number of ether oxygens (including phenoxy) is 3. The lowest BCUT2D eigenvalue weighted by molar-refractivity contribution is 0.131. The van der Waals surface area contributed by atoms with Gasteiger partial charge < -0.3 is 14.2 Å². The predicted molar refractivity (Wildman–Crippen MR) is 60.1 cm³/mol. The van der Waals surface area contributed by atoms with Crippen molar-refractivity contribution in [2.75, 3.05) is 13.2 Å². The summed E-state index contributed by atoms with van der Waals surface area (Å²) in [4.78, 5) is 0. The minimum atomic E-state index is -0.113. The van der Waals surface area contributed by atoms with Gasteiger partial charge in [-0.15, -0.1) is 0 Å². The predicted octanol–water partition coefficient (Wildman–Crippen LogP) is 2.18. The van der Waals surface area contributed by atoms with Crippen LogP contribution in [0.2, 0.25) is 0 Å². The Morgan fingerprint density at radius 2 is 2.25 bits per heavy atom. The van der Waals surface area contributed by atoms with Gasteiger partial charge in [0.1, 0.15) is 18.3 Å². The first-order valence-corrected chi connectivity index (χ1v) is 5.69. The number of epoxide rings is 1. The summed E-state index contributed by atoms with van der Waals surface area (Å²) >= 11 is 0. The van der Waals surface area contributed by atoms with Crippen molar-refractivity contribution in [3.05, 3.63) is 23.8 Å². The van der Waals surface area contributed by atoms with Gasteiger partial charge in [-0.05, 0) is 19.9 Å². The molecule has 1 saturated heterocycles. The van der Waals surface area contributed by atoms with Gasteiger partial charge in [-0.3, -0.25) is 0 Å². The van der Waals surface area contributed by atoms with Crippen LogP contribution in [0.25, 0.3) is 0 Å². The van der Waals surface area contributed by atoms with Crippen LogP contribution in [-0.4, -0.2) is 24.9 Å². The summed E-state index contributed by atoms with van der Waals surface area (Å²) in [7, 11) is 0. The van der Waals surface area contributed by atoms with Gasteiger partial charge in [-0.2, -0.15) is 0 Å². The fourth-order valence-corrected chi connectivity index (χ4v) is 2.05. The molecule has 0 amide bonds. The lowest BCUT2D eigenvalue weighted by Gasteiger charge is -2.18. The molecule has 1 aromatic carbocycles. The van der Waals surface area contributed by atoms with E-state index in [1.54, 1.807) is 0 Å². The highest BCUT2D eigenvalue weighted by molar-refractivity contribution is 5.50. The average molecular weight is 220 g/mol. The van der Waals surface area contributed by atoms with Crippen LogP contribution in [0, 0.1) is 0 Å². The Balaban J connectivity index is 1.81. The fraction of sp³-hybridized carbons (Fsp3) is 0.538. The Kier molecular flexibility index (Phi) is 2.11. The molecule has 86 valence electrons. The Labute approximate surface area is 95.3 Å². The van der Waals surface area contributed by atoms with Crippen LogP contribution in [0.3, 0.4) is 0 Å². The highest BCUT2D eigenvalue weighted by Gasteiger charge is 2.32. The SMILES string of the molecule is CC1(C)Cc2cccc(OCC3CO3)c2O1. The first kappa shape index (κ1) is 9.97. The molecule has 1 fully saturated rings. The number of hydrogen-bond donors (Lipinski definition) is 0. The smallest absolute Gasteiger partial charge is 0.165 e. The molecular weight excluding hydrogens is 204 g/mol. The second-order valence-corrected chi connectivity index (χ2v) is 5.05. The van der Waals surface area contributed by atoms with Crippen molar-refractivity contribution < 1.29 is 14.2 Å². The van der Waals surface area contributed by atoms with Crippen molar-refractivity contribution in [3.8, 4) is 11.5 Å². The van der Waals surface area contributed by atoms with Gasteiger partial charge in [0, 0.05) is 12.0 Å². The van der Waals surface area contributed by atoms with E-state index < -0.39 is 0 Å². The Morgan fingerprint density at radius 1 is 1.44 bits per heavy atom. The molecule has 1 aromatic rings. The zero-order valence-corrected chi connectivity index (χ0v) is 9.66. The summed E-state index contributed by atoms with van der Waals surface area (Å²) in [6.07, 6.45) is 1.23. The highest BCUT2D eigenvalue weighted by Crippen LogP contribution is 2.41. The van der Waals surface area contributed by atoms with Gasteiger partial charge in [0.15, 0.2) is 11.5 Å². The maximum atomic E-state index is 5.91. The normalized spacial score (nSPS) is 24.8. The minimum absolute atomic E-state index is 0.113. The molecule has 2 heterocycles. The largest absolute Gasteiger partial charge is 0.487 e. The molecule has 0 bridgehead atoms. The van der Waals surface area contributed by atoms with Crippen LogP contribution in [0.15, 0.2) is 18.2 Å². The van der Waals surface area contributed by atoms with Gasteiger partial charge in [0.25, 0.3) is 0 Å². The topological polar surface area (TPSA) is 31.0 Å².